The van der Waals surface area contributed by atoms with Crippen LogP contribution in [0.25, 0.3) is 16.9 Å². The molecule has 0 aliphatic carbocycles. The second-order valence-corrected chi connectivity index (χ2v) is 7.50. The van der Waals surface area contributed by atoms with E-state index < -0.39 is 0 Å². The SMILES string of the molecule is C[C@H]1CCN1c1nc(-c2cnn(CC(=O)N3CCNCC3)c2)cn2ccnc12. The van der Waals surface area contributed by atoms with E-state index in [1.807, 2.05) is 27.9 Å². The Balaban J connectivity index is 1.41. The number of aromatic nitrogens is 5. The molecule has 5 rings (SSSR count). The molecule has 2 aliphatic rings. The summed E-state index contributed by atoms with van der Waals surface area (Å²) in [5.74, 6) is 1.01. The number of piperazine rings is 1. The Bertz CT molecular complexity index is 1000. The van der Waals surface area contributed by atoms with Crippen molar-refractivity contribution >= 4 is 17.4 Å². The maximum atomic E-state index is 12.5. The molecule has 0 aromatic carbocycles. The summed E-state index contributed by atoms with van der Waals surface area (Å²) in [7, 11) is 0. The number of fused-ring (bicyclic) bond motifs is 1. The first kappa shape index (κ1) is 17.2. The van der Waals surface area contributed by atoms with Gasteiger partial charge >= 0.3 is 0 Å². The van der Waals surface area contributed by atoms with E-state index in [0.29, 0.717) is 6.04 Å². The smallest absolute Gasteiger partial charge is 0.244 e. The highest BCUT2D eigenvalue weighted by atomic mass is 16.2. The lowest BCUT2D eigenvalue weighted by Crippen LogP contribution is -2.47. The van der Waals surface area contributed by atoms with Crippen LogP contribution in [0, 0.1) is 0 Å². The van der Waals surface area contributed by atoms with Crippen LogP contribution in [-0.2, 0) is 11.3 Å². The molecule has 0 bridgehead atoms. The molecule has 3 aromatic heterocycles. The number of imidazole rings is 1. The van der Waals surface area contributed by atoms with Crippen molar-refractivity contribution in [3.63, 3.8) is 0 Å². The fourth-order valence-corrected chi connectivity index (χ4v) is 3.81. The Morgan fingerprint density at radius 1 is 1.25 bits per heavy atom. The van der Waals surface area contributed by atoms with Gasteiger partial charge in [0.1, 0.15) is 6.54 Å². The quantitative estimate of drug-likeness (QED) is 0.715. The van der Waals surface area contributed by atoms with E-state index in [2.05, 4.69) is 27.2 Å². The summed E-state index contributed by atoms with van der Waals surface area (Å²) in [5, 5.41) is 7.66. The molecule has 0 unspecified atom stereocenters. The fourth-order valence-electron chi connectivity index (χ4n) is 3.81. The Morgan fingerprint density at radius 3 is 2.86 bits per heavy atom. The van der Waals surface area contributed by atoms with Gasteiger partial charge in [-0.25, -0.2) is 9.97 Å². The molecule has 0 radical (unpaired) electrons. The lowest BCUT2D eigenvalue weighted by atomic mass is 10.1. The van der Waals surface area contributed by atoms with Crippen LogP contribution in [-0.4, -0.2) is 73.7 Å². The fraction of sp³-hybridized carbons (Fsp3) is 0.474. The van der Waals surface area contributed by atoms with Gasteiger partial charge in [-0.05, 0) is 13.3 Å². The summed E-state index contributed by atoms with van der Waals surface area (Å²) in [4.78, 5) is 26.0. The first-order valence-electron chi connectivity index (χ1n) is 9.81. The molecular weight excluding hydrogens is 356 g/mol. The van der Waals surface area contributed by atoms with Crippen LogP contribution in [0.15, 0.2) is 31.0 Å². The van der Waals surface area contributed by atoms with Gasteiger partial charge in [0.05, 0.1) is 11.9 Å². The van der Waals surface area contributed by atoms with Crippen molar-refractivity contribution in [2.75, 3.05) is 37.6 Å². The normalized spacial score (nSPS) is 19.8. The third kappa shape index (κ3) is 3.01. The van der Waals surface area contributed by atoms with Crippen molar-refractivity contribution in [2.24, 2.45) is 0 Å². The molecule has 9 heteroatoms. The van der Waals surface area contributed by atoms with Gasteiger partial charge in [-0.2, -0.15) is 5.10 Å². The van der Waals surface area contributed by atoms with Crippen molar-refractivity contribution < 1.29 is 4.79 Å². The first-order valence-corrected chi connectivity index (χ1v) is 9.81. The second-order valence-electron chi connectivity index (χ2n) is 7.50. The molecule has 28 heavy (non-hydrogen) atoms. The number of hydrogen-bond donors (Lipinski definition) is 1. The van der Waals surface area contributed by atoms with E-state index in [0.717, 1.165) is 55.4 Å². The molecule has 3 aromatic rings. The van der Waals surface area contributed by atoms with Gasteiger partial charge in [-0.1, -0.05) is 0 Å². The zero-order valence-electron chi connectivity index (χ0n) is 16.0. The standard InChI is InChI=1S/C19H24N8O/c1-14-2-6-27(14)19-18-21-5-9-25(18)12-16(23-19)15-10-22-26(11-15)13-17(28)24-7-3-20-4-8-24/h5,9-12,14,20H,2-4,6-8,13H2,1H3/t14-/m0/s1. The number of anilines is 1. The Kier molecular flexibility index (Phi) is 4.23. The molecule has 146 valence electrons. The minimum atomic E-state index is 0.101. The summed E-state index contributed by atoms with van der Waals surface area (Å²) in [5.41, 5.74) is 2.61. The van der Waals surface area contributed by atoms with Gasteiger partial charge in [0.2, 0.25) is 5.91 Å². The van der Waals surface area contributed by atoms with E-state index in [4.69, 9.17) is 4.98 Å². The number of carbonyl (C=O) groups is 1. The third-order valence-corrected chi connectivity index (χ3v) is 5.64. The predicted octanol–water partition coefficient (Wildman–Crippen LogP) is 0.623. The van der Waals surface area contributed by atoms with Gasteiger partial charge in [0, 0.05) is 69.1 Å². The van der Waals surface area contributed by atoms with E-state index in [1.54, 1.807) is 17.1 Å². The monoisotopic (exact) mass is 380 g/mol. The molecular formula is C19H24N8O. The van der Waals surface area contributed by atoms with Crippen molar-refractivity contribution in [3.8, 4) is 11.3 Å². The van der Waals surface area contributed by atoms with Gasteiger partial charge in [-0.3, -0.25) is 9.48 Å². The van der Waals surface area contributed by atoms with Crippen LogP contribution < -0.4 is 10.2 Å². The van der Waals surface area contributed by atoms with Gasteiger partial charge in [-0.15, -0.1) is 0 Å². The number of amides is 1. The minimum Gasteiger partial charge on any atom is -0.351 e. The zero-order chi connectivity index (χ0) is 19.1. The summed E-state index contributed by atoms with van der Waals surface area (Å²) in [6, 6.07) is 0.475. The van der Waals surface area contributed by atoms with Gasteiger partial charge in [0.25, 0.3) is 0 Å². The van der Waals surface area contributed by atoms with Crippen LogP contribution in [0.3, 0.4) is 0 Å². The largest absolute Gasteiger partial charge is 0.351 e. The molecule has 2 fully saturated rings. The lowest BCUT2D eigenvalue weighted by Gasteiger charge is -2.39. The Labute approximate surface area is 163 Å². The molecule has 2 saturated heterocycles. The average molecular weight is 380 g/mol. The van der Waals surface area contributed by atoms with Crippen LogP contribution >= 0.6 is 0 Å². The number of carbonyl (C=O) groups excluding carboxylic acids is 1. The zero-order valence-corrected chi connectivity index (χ0v) is 16.0. The van der Waals surface area contributed by atoms with E-state index in [9.17, 15) is 4.79 Å². The average Bonchev–Trinajstić information content (AvgIpc) is 3.37. The number of rotatable bonds is 4. The van der Waals surface area contributed by atoms with Crippen LogP contribution in [0.5, 0.6) is 0 Å². The number of hydrogen-bond acceptors (Lipinski definition) is 6. The molecule has 1 amide bonds. The van der Waals surface area contributed by atoms with Crippen LogP contribution in [0.1, 0.15) is 13.3 Å². The molecule has 0 saturated carbocycles. The summed E-state index contributed by atoms with van der Waals surface area (Å²) >= 11 is 0. The summed E-state index contributed by atoms with van der Waals surface area (Å²) < 4.78 is 3.71. The minimum absolute atomic E-state index is 0.101. The predicted molar refractivity (Wildman–Crippen MR) is 105 cm³/mol. The van der Waals surface area contributed by atoms with E-state index >= 15 is 0 Å². The van der Waals surface area contributed by atoms with Gasteiger partial charge < -0.3 is 19.5 Å². The molecule has 1 N–H and O–H groups in total. The number of nitrogens with zero attached hydrogens (tertiary/aromatic N) is 7. The molecule has 9 nitrogen and oxygen atoms in total. The molecule has 1 atom stereocenters. The summed E-state index contributed by atoms with van der Waals surface area (Å²) in [6.45, 7) is 6.66. The maximum absolute atomic E-state index is 12.5. The van der Waals surface area contributed by atoms with E-state index in [-0.39, 0.29) is 12.5 Å². The lowest BCUT2D eigenvalue weighted by molar-refractivity contribution is -0.132. The highest BCUT2D eigenvalue weighted by Gasteiger charge is 2.28. The molecule has 5 heterocycles. The van der Waals surface area contributed by atoms with Gasteiger partial charge in [0.15, 0.2) is 11.5 Å². The van der Waals surface area contributed by atoms with E-state index in [1.165, 1.54) is 6.42 Å². The highest BCUT2D eigenvalue weighted by Crippen LogP contribution is 2.30. The first-order chi connectivity index (χ1) is 13.7. The third-order valence-electron chi connectivity index (χ3n) is 5.64. The van der Waals surface area contributed by atoms with Crippen molar-refractivity contribution in [3.05, 3.63) is 31.0 Å². The van der Waals surface area contributed by atoms with Crippen LogP contribution in [0.2, 0.25) is 0 Å². The van der Waals surface area contributed by atoms with Crippen LogP contribution in [0.4, 0.5) is 5.82 Å². The second kappa shape index (κ2) is 6.90. The molecule has 0 spiro atoms. The maximum Gasteiger partial charge on any atom is 0.244 e. The Morgan fingerprint density at radius 2 is 2.11 bits per heavy atom. The topological polar surface area (TPSA) is 83.6 Å². The highest BCUT2D eigenvalue weighted by molar-refractivity contribution is 5.76. The Hall–Kier alpha value is -2.94. The van der Waals surface area contributed by atoms with Crippen molar-refractivity contribution in [1.29, 1.82) is 0 Å². The van der Waals surface area contributed by atoms with Crippen molar-refractivity contribution in [1.82, 2.24) is 34.4 Å². The number of nitrogens with one attached hydrogen (secondary N) is 1. The van der Waals surface area contributed by atoms with Crippen molar-refractivity contribution in [2.45, 2.75) is 25.9 Å². The summed E-state index contributed by atoms with van der Waals surface area (Å²) in [6.07, 6.45) is 10.5. The molecule has 2 aliphatic heterocycles.